The van der Waals surface area contributed by atoms with Crippen molar-refractivity contribution < 1.29 is 5.11 Å². The summed E-state index contributed by atoms with van der Waals surface area (Å²) in [6.45, 7) is 2.82. The van der Waals surface area contributed by atoms with Crippen LogP contribution in [-0.4, -0.2) is 21.3 Å². The number of aliphatic hydroxyl groups excluding tert-OH is 1. The first-order valence-corrected chi connectivity index (χ1v) is 6.07. The van der Waals surface area contributed by atoms with Gasteiger partial charge in [0.1, 0.15) is 5.82 Å². The molecule has 1 atom stereocenters. The van der Waals surface area contributed by atoms with Crippen LogP contribution in [0, 0.1) is 0 Å². The zero-order valence-electron chi connectivity index (χ0n) is 9.73. The maximum Gasteiger partial charge on any atom is 0.129 e. The third-order valence-corrected chi connectivity index (χ3v) is 2.95. The summed E-state index contributed by atoms with van der Waals surface area (Å²) < 4.78 is 2.05. The largest absolute Gasteiger partial charge is 0.394 e. The number of hydrogen-bond acceptors (Lipinski definition) is 3. The summed E-state index contributed by atoms with van der Waals surface area (Å²) in [5.74, 6) is 0.714. The van der Waals surface area contributed by atoms with E-state index in [0.29, 0.717) is 10.8 Å². The highest BCUT2D eigenvalue weighted by atomic mass is 35.5. The van der Waals surface area contributed by atoms with Crippen LogP contribution in [0.4, 0.5) is 0 Å². The number of nitrogens with zero attached hydrogens (tertiary/aromatic N) is 2. The van der Waals surface area contributed by atoms with Crippen LogP contribution in [-0.2, 0) is 6.54 Å². The van der Waals surface area contributed by atoms with Gasteiger partial charge >= 0.3 is 0 Å². The molecule has 1 heterocycles. The first-order valence-electron chi connectivity index (χ1n) is 5.69. The van der Waals surface area contributed by atoms with E-state index in [9.17, 15) is 0 Å². The van der Waals surface area contributed by atoms with Crippen LogP contribution in [0.15, 0.2) is 18.2 Å². The van der Waals surface area contributed by atoms with Crippen molar-refractivity contribution in [2.75, 3.05) is 6.61 Å². The minimum Gasteiger partial charge on any atom is -0.394 e. The Hall–Kier alpha value is -1.10. The molecule has 0 spiro atoms. The van der Waals surface area contributed by atoms with Gasteiger partial charge in [0.25, 0.3) is 0 Å². The molecule has 92 valence electrons. The standard InChI is InChI=1S/C12H16ClN3O/c1-2-5-16-11-4-3-8(13)6-10(11)15-12(16)9(14)7-17/h3-4,6,9,17H,2,5,7,14H2,1H3. The fourth-order valence-electron chi connectivity index (χ4n) is 1.94. The highest BCUT2D eigenvalue weighted by Crippen LogP contribution is 2.23. The topological polar surface area (TPSA) is 64.1 Å². The first-order chi connectivity index (χ1) is 8.17. The lowest BCUT2D eigenvalue weighted by atomic mass is 10.3. The molecule has 0 amide bonds. The monoisotopic (exact) mass is 253 g/mol. The molecule has 0 aliphatic rings. The molecule has 0 saturated carbocycles. The third-order valence-electron chi connectivity index (χ3n) is 2.72. The molecule has 1 unspecified atom stereocenters. The van der Waals surface area contributed by atoms with Crippen LogP contribution >= 0.6 is 11.6 Å². The summed E-state index contributed by atoms with van der Waals surface area (Å²) >= 11 is 5.94. The molecule has 5 heteroatoms. The molecule has 1 aromatic carbocycles. The molecule has 17 heavy (non-hydrogen) atoms. The number of fused-ring (bicyclic) bond motifs is 1. The summed E-state index contributed by atoms with van der Waals surface area (Å²) in [5.41, 5.74) is 7.69. The number of nitrogens with two attached hydrogens (primary N) is 1. The number of aromatic nitrogens is 2. The minimum absolute atomic E-state index is 0.110. The van der Waals surface area contributed by atoms with E-state index in [1.54, 1.807) is 0 Å². The van der Waals surface area contributed by atoms with Gasteiger partial charge in [-0.15, -0.1) is 0 Å². The highest BCUT2D eigenvalue weighted by Gasteiger charge is 2.15. The van der Waals surface area contributed by atoms with Crippen molar-refractivity contribution in [2.24, 2.45) is 5.73 Å². The van der Waals surface area contributed by atoms with Crippen molar-refractivity contribution in [3.63, 3.8) is 0 Å². The fourth-order valence-corrected chi connectivity index (χ4v) is 2.11. The smallest absolute Gasteiger partial charge is 0.129 e. The van der Waals surface area contributed by atoms with Crippen LogP contribution in [0.2, 0.25) is 5.02 Å². The zero-order chi connectivity index (χ0) is 12.4. The van der Waals surface area contributed by atoms with Crippen LogP contribution in [0.1, 0.15) is 25.2 Å². The summed E-state index contributed by atoms with van der Waals surface area (Å²) in [6.07, 6.45) is 0.985. The Morgan fingerprint density at radius 1 is 1.53 bits per heavy atom. The van der Waals surface area contributed by atoms with Gasteiger partial charge in [-0.1, -0.05) is 18.5 Å². The number of rotatable bonds is 4. The zero-order valence-corrected chi connectivity index (χ0v) is 10.5. The lowest BCUT2D eigenvalue weighted by molar-refractivity contribution is 0.261. The number of benzene rings is 1. The second-order valence-electron chi connectivity index (χ2n) is 4.04. The van der Waals surface area contributed by atoms with Gasteiger partial charge in [0, 0.05) is 11.6 Å². The van der Waals surface area contributed by atoms with Gasteiger partial charge in [0.2, 0.25) is 0 Å². The summed E-state index contributed by atoms with van der Waals surface area (Å²) in [7, 11) is 0. The normalized spacial score (nSPS) is 13.2. The molecule has 0 radical (unpaired) electrons. The highest BCUT2D eigenvalue weighted by molar-refractivity contribution is 6.31. The summed E-state index contributed by atoms with van der Waals surface area (Å²) in [5, 5.41) is 9.81. The quantitative estimate of drug-likeness (QED) is 0.877. The van der Waals surface area contributed by atoms with E-state index < -0.39 is 6.04 Å². The number of halogens is 1. The Morgan fingerprint density at radius 2 is 2.29 bits per heavy atom. The van der Waals surface area contributed by atoms with Crippen molar-refractivity contribution >= 4 is 22.6 Å². The Balaban J connectivity index is 2.61. The summed E-state index contributed by atoms with van der Waals surface area (Å²) in [4.78, 5) is 4.46. The predicted octanol–water partition coefficient (Wildman–Crippen LogP) is 2.09. The molecule has 0 aliphatic heterocycles. The van der Waals surface area contributed by atoms with Crippen molar-refractivity contribution in [1.29, 1.82) is 0 Å². The summed E-state index contributed by atoms with van der Waals surface area (Å²) in [6, 6.07) is 5.14. The van der Waals surface area contributed by atoms with Gasteiger partial charge in [-0.25, -0.2) is 4.98 Å². The van der Waals surface area contributed by atoms with Gasteiger partial charge in [-0.05, 0) is 24.6 Å². The van der Waals surface area contributed by atoms with Crippen LogP contribution in [0.3, 0.4) is 0 Å². The van der Waals surface area contributed by atoms with Crippen molar-refractivity contribution in [3.05, 3.63) is 29.0 Å². The van der Waals surface area contributed by atoms with Crippen molar-refractivity contribution in [1.82, 2.24) is 9.55 Å². The first kappa shape index (κ1) is 12.4. The minimum atomic E-state index is -0.451. The van der Waals surface area contributed by atoms with E-state index in [-0.39, 0.29) is 6.61 Å². The van der Waals surface area contributed by atoms with Crippen LogP contribution < -0.4 is 5.73 Å². The average Bonchev–Trinajstić information content (AvgIpc) is 2.67. The van der Waals surface area contributed by atoms with Gasteiger partial charge < -0.3 is 15.4 Å². The van der Waals surface area contributed by atoms with Gasteiger partial charge in [0.05, 0.1) is 23.7 Å². The molecular formula is C12H16ClN3O. The molecular weight excluding hydrogens is 238 g/mol. The Labute approximate surface area is 105 Å². The molecule has 4 nitrogen and oxygen atoms in total. The molecule has 0 bridgehead atoms. The molecule has 0 fully saturated rings. The lowest BCUT2D eigenvalue weighted by Gasteiger charge is -2.11. The lowest BCUT2D eigenvalue weighted by Crippen LogP contribution is -2.20. The third kappa shape index (κ3) is 2.29. The van der Waals surface area contributed by atoms with E-state index >= 15 is 0 Å². The number of aryl methyl sites for hydroxylation is 1. The molecule has 2 rings (SSSR count). The maximum absolute atomic E-state index is 9.16. The van der Waals surface area contributed by atoms with E-state index in [4.69, 9.17) is 22.4 Å². The Morgan fingerprint density at radius 3 is 2.94 bits per heavy atom. The number of imidazole rings is 1. The SMILES string of the molecule is CCCn1c(C(N)CO)nc2cc(Cl)ccc21. The maximum atomic E-state index is 9.16. The van der Waals surface area contributed by atoms with Crippen LogP contribution in [0.25, 0.3) is 11.0 Å². The van der Waals surface area contributed by atoms with E-state index in [2.05, 4.69) is 11.9 Å². The van der Waals surface area contributed by atoms with Crippen molar-refractivity contribution in [3.8, 4) is 0 Å². The van der Waals surface area contributed by atoms with E-state index in [1.165, 1.54) is 0 Å². The second kappa shape index (κ2) is 5.04. The second-order valence-corrected chi connectivity index (χ2v) is 4.48. The van der Waals surface area contributed by atoms with Gasteiger partial charge in [-0.3, -0.25) is 0 Å². The molecule has 3 N–H and O–H groups in total. The van der Waals surface area contributed by atoms with Crippen molar-refractivity contribution in [2.45, 2.75) is 25.9 Å². The van der Waals surface area contributed by atoms with Crippen LogP contribution in [0.5, 0.6) is 0 Å². The average molecular weight is 254 g/mol. The number of hydrogen-bond donors (Lipinski definition) is 2. The predicted molar refractivity (Wildman–Crippen MR) is 69.0 cm³/mol. The fraction of sp³-hybridized carbons (Fsp3) is 0.417. The van der Waals surface area contributed by atoms with E-state index in [0.717, 1.165) is 24.0 Å². The van der Waals surface area contributed by atoms with Gasteiger partial charge in [0.15, 0.2) is 0 Å². The number of aliphatic hydroxyl groups is 1. The molecule has 1 aromatic heterocycles. The van der Waals surface area contributed by atoms with E-state index in [1.807, 2.05) is 22.8 Å². The molecule has 2 aromatic rings. The molecule has 0 saturated heterocycles. The Kier molecular flexibility index (Phi) is 3.66. The Bertz CT molecular complexity index is 524. The van der Waals surface area contributed by atoms with Gasteiger partial charge in [-0.2, -0.15) is 0 Å². The molecule has 0 aliphatic carbocycles.